The third-order valence-electron chi connectivity index (χ3n) is 7.11. The quantitative estimate of drug-likeness (QED) is 0.371. The van der Waals surface area contributed by atoms with Crippen LogP contribution >= 0.6 is 15.9 Å². The van der Waals surface area contributed by atoms with Gasteiger partial charge in [-0.2, -0.15) is 0 Å². The van der Waals surface area contributed by atoms with Gasteiger partial charge in [-0.3, -0.25) is 9.59 Å². The average Bonchev–Trinajstić information content (AvgIpc) is 3.01. The van der Waals surface area contributed by atoms with Crippen molar-refractivity contribution in [3.63, 3.8) is 0 Å². The topological polar surface area (TPSA) is 37.4 Å². The molecule has 1 saturated heterocycles. The molecule has 0 radical (unpaired) electrons. The zero-order chi connectivity index (χ0) is 20.8. The van der Waals surface area contributed by atoms with Gasteiger partial charge in [0.05, 0.1) is 21.8 Å². The second kappa shape index (κ2) is 5.92. The standard InChI is InChI=1S/C26H20BrNO2/c1-14-11-12-20(15(2)13-14)28-24(29)22-21-16-7-3-5-9-18(16)26(27,23(22)25(28)30)19-10-6-4-8-17(19)21/h3-13,21-23H,1-2H3/t21?,22-,23+,26?/m0/s1. The number of carbonyl (C=O) groups excluding carboxylic acids is 2. The van der Waals surface area contributed by atoms with E-state index in [1.54, 1.807) is 0 Å². The Morgan fingerprint density at radius 2 is 1.43 bits per heavy atom. The molecule has 30 heavy (non-hydrogen) atoms. The van der Waals surface area contributed by atoms with E-state index in [9.17, 15) is 9.59 Å². The van der Waals surface area contributed by atoms with Gasteiger partial charge in [-0.25, -0.2) is 4.90 Å². The summed E-state index contributed by atoms with van der Waals surface area (Å²) in [5.41, 5.74) is 7.28. The van der Waals surface area contributed by atoms with Crippen LogP contribution in [0.1, 0.15) is 39.3 Å². The van der Waals surface area contributed by atoms with Crippen molar-refractivity contribution in [1.29, 1.82) is 0 Å². The molecule has 0 aromatic heterocycles. The number of amides is 2. The van der Waals surface area contributed by atoms with Crippen molar-refractivity contribution in [2.24, 2.45) is 11.8 Å². The second-order valence-electron chi connectivity index (χ2n) is 8.67. The largest absolute Gasteiger partial charge is 0.274 e. The second-order valence-corrected chi connectivity index (χ2v) is 9.92. The SMILES string of the molecule is Cc1ccc(N2C(=O)[C@H]3C4c5ccccc5C(Br)(c5ccccc54)[C@H]3C2=O)c(C)c1. The third-order valence-corrected chi connectivity index (χ3v) is 8.46. The fourth-order valence-electron chi connectivity index (χ4n) is 5.97. The van der Waals surface area contributed by atoms with E-state index in [2.05, 4.69) is 40.2 Å². The first-order chi connectivity index (χ1) is 14.4. The first kappa shape index (κ1) is 18.1. The molecule has 0 N–H and O–H groups in total. The zero-order valence-electron chi connectivity index (χ0n) is 16.7. The van der Waals surface area contributed by atoms with Crippen molar-refractivity contribution in [3.8, 4) is 0 Å². The molecule has 1 fully saturated rings. The molecule has 3 nitrogen and oxygen atoms in total. The Morgan fingerprint density at radius 3 is 2.03 bits per heavy atom. The number of carbonyl (C=O) groups is 2. The van der Waals surface area contributed by atoms with Crippen LogP contribution in [0.15, 0.2) is 66.7 Å². The number of alkyl halides is 1. The number of nitrogens with zero attached hydrogens (tertiary/aromatic N) is 1. The molecule has 2 atom stereocenters. The Labute approximate surface area is 183 Å². The summed E-state index contributed by atoms with van der Waals surface area (Å²) in [6.07, 6.45) is 0. The summed E-state index contributed by atoms with van der Waals surface area (Å²) in [6.45, 7) is 3.98. The van der Waals surface area contributed by atoms with Crippen LogP contribution in [0, 0.1) is 25.7 Å². The number of anilines is 1. The Balaban J connectivity index is 1.62. The van der Waals surface area contributed by atoms with E-state index in [1.165, 1.54) is 4.90 Å². The average molecular weight is 458 g/mol. The predicted octanol–water partition coefficient (Wildman–Crippen LogP) is 5.21. The van der Waals surface area contributed by atoms with Crippen LogP contribution < -0.4 is 4.90 Å². The van der Waals surface area contributed by atoms with Gasteiger partial charge in [0, 0.05) is 5.92 Å². The summed E-state index contributed by atoms with van der Waals surface area (Å²) < 4.78 is -0.695. The maximum atomic E-state index is 13.9. The van der Waals surface area contributed by atoms with E-state index < -0.39 is 16.2 Å². The summed E-state index contributed by atoms with van der Waals surface area (Å²) in [7, 11) is 0. The molecular weight excluding hydrogens is 438 g/mol. The van der Waals surface area contributed by atoms with E-state index in [0.29, 0.717) is 5.69 Å². The summed E-state index contributed by atoms with van der Waals surface area (Å²) in [6, 6.07) is 22.4. The molecule has 0 unspecified atom stereocenters. The molecule has 1 heterocycles. The molecule has 3 aromatic rings. The number of rotatable bonds is 1. The van der Waals surface area contributed by atoms with Crippen LogP contribution in [-0.2, 0) is 13.9 Å². The lowest BCUT2D eigenvalue weighted by atomic mass is 9.55. The van der Waals surface area contributed by atoms with Crippen molar-refractivity contribution in [2.45, 2.75) is 24.1 Å². The minimum Gasteiger partial charge on any atom is -0.274 e. The van der Waals surface area contributed by atoms with Crippen LogP contribution in [0.4, 0.5) is 5.69 Å². The molecule has 0 saturated carbocycles. The van der Waals surface area contributed by atoms with Crippen molar-refractivity contribution in [2.75, 3.05) is 4.90 Å². The number of benzene rings is 3. The number of halogens is 1. The lowest BCUT2D eigenvalue weighted by Crippen LogP contribution is -2.50. The van der Waals surface area contributed by atoms with E-state index in [1.807, 2.05) is 56.3 Å². The van der Waals surface area contributed by atoms with Crippen LogP contribution in [0.2, 0.25) is 0 Å². The van der Waals surface area contributed by atoms with Crippen LogP contribution in [-0.4, -0.2) is 11.8 Å². The van der Waals surface area contributed by atoms with Gasteiger partial charge in [0.15, 0.2) is 0 Å². The fourth-order valence-corrected chi connectivity index (χ4v) is 7.18. The molecule has 0 spiro atoms. The number of aryl methyl sites for hydroxylation is 2. The van der Waals surface area contributed by atoms with Gasteiger partial charge < -0.3 is 0 Å². The predicted molar refractivity (Wildman–Crippen MR) is 120 cm³/mol. The molecule has 4 heteroatoms. The lowest BCUT2D eigenvalue weighted by Gasteiger charge is -2.51. The number of hydrogen-bond donors (Lipinski definition) is 0. The molecule has 148 valence electrons. The highest BCUT2D eigenvalue weighted by Crippen LogP contribution is 2.66. The summed E-state index contributed by atoms with van der Waals surface area (Å²) in [5, 5.41) is 0. The monoisotopic (exact) mass is 457 g/mol. The van der Waals surface area contributed by atoms with Gasteiger partial charge in [-0.05, 0) is 47.7 Å². The zero-order valence-corrected chi connectivity index (χ0v) is 18.3. The van der Waals surface area contributed by atoms with Crippen molar-refractivity contribution >= 4 is 33.4 Å². The molecule has 3 aromatic carbocycles. The molecule has 3 aliphatic carbocycles. The molecule has 7 rings (SSSR count). The van der Waals surface area contributed by atoms with Crippen molar-refractivity contribution in [1.82, 2.24) is 0 Å². The maximum absolute atomic E-state index is 13.9. The molecule has 2 bridgehead atoms. The van der Waals surface area contributed by atoms with Gasteiger partial charge in [-0.15, -0.1) is 0 Å². The van der Waals surface area contributed by atoms with Crippen molar-refractivity contribution < 1.29 is 9.59 Å². The van der Waals surface area contributed by atoms with E-state index in [4.69, 9.17) is 0 Å². The first-order valence-corrected chi connectivity index (χ1v) is 11.1. The first-order valence-electron chi connectivity index (χ1n) is 10.3. The van der Waals surface area contributed by atoms with Crippen LogP contribution in [0.3, 0.4) is 0 Å². The number of imide groups is 1. The van der Waals surface area contributed by atoms with Gasteiger partial charge in [-0.1, -0.05) is 82.2 Å². The highest BCUT2D eigenvalue weighted by Gasteiger charge is 2.67. The van der Waals surface area contributed by atoms with Gasteiger partial charge >= 0.3 is 0 Å². The summed E-state index contributed by atoms with van der Waals surface area (Å²) in [4.78, 5) is 29.2. The summed E-state index contributed by atoms with van der Waals surface area (Å²) in [5.74, 6) is -1.16. The van der Waals surface area contributed by atoms with Gasteiger partial charge in [0.25, 0.3) is 0 Å². The molecule has 2 amide bonds. The highest BCUT2D eigenvalue weighted by atomic mass is 79.9. The van der Waals surface area contributed by atoms with E-state index in [0.717, 1.165) is 33.4 Å². The van der Waals surface area contributed by atoms with Crippen LogP contribution in [0.25, 0.3) is 0 Å². The van der Waals surface area contributed by atoms with E-state index >= 15 is 0 Å². The Bertz CT molecular complexity index is 1220. The molecule has 1 aliphatic heterocycles. The third kappa shape index (κ3) is 2.00. The Morgan fingerprint density at radius 1 is 0.833 bits per heavy atom. The smallest absolute Gasteiger partial charge is 0.239 e. The van der Waals surface area contributed by atoms with Gasteiger partial charge in [0.1, 0.15) is 0 Å². The Hall–Kier alpha value is -2.72. The summed E-state index contributed by atoms with van der Waals surface area (Å²) >= 11 is 4.04. The molecular formula is C26H20BrNO2. The fraction of sp³-hybridized carbons (Fsp3) is 0.231. The maximum Gasteiger partial charge on any atom is 0.239 e. The molecule has 4 aliphatic rings. The highest BCUT2D eigenvalue weighted by molar-refractivity contribution is 9.09. The lowest BCUT2D eigenvalue weighted by molar-refractivity contribution is -0.122. The van der Waals surface area contributed by atoms with E-state index in [-0.39, 0.29) is 17.7 Å². The Kier molecular flexibility index (Phi) is 3.57. The normalized spacial score (nSPS) is 28.4. The number of hydrogen-bond acceptors (Lipinski definition) is 2. The van der Waals surface area contributed by atoms with Gasteiger partial charge in [0.2, 0.25) is 11.8 Å². The minimum atomic E-state index is -0.695. The minimum absolute atomic E-state index is 0.0882. The van der Waals surface area contributed by atoms with Crippen LogP contribution in [0.5, 0.6) is 0 Å². The van der Waals surface area contributed by atoms with Crippen molar-refractivity contribution in [3.05, 3.63) is 100 Å².